The Morgan fingerprint density at radius 1 is 1.43 bits per heavy atom. The molecule has 3 aliphatic heterocycles. The van der Waals surface area contributed by atoms with Gasteiger partial charge in [-0.05, 0) is 0 Å². The number of allylic oxidation sites excluding steroid dienone is 2. The maximum atomic E-state index is 11.8. The van der Waals surface area contributed by atoms with Gasteiger partial charge >= 0.3 is 142 Å². The second-order valence-corrected chi connectivity index (χ2v) is 22.9. The van der Waals surface area contributed by atoms with Gasteiger partial charge in [0.15, 0.2) is 0 Å². The summed E-state index contributed by atoms with van der Waals surface area (Å²) in [6.45, 7) is 3.85. The molecule has 0 spiro atoms. The normalized spacial score (nSPS) is 24.9. The van der Waals surface area contributed by atoms with Crippen LogP contribution in [-0.2, 0) is 9.59 Å². The van der Waals surface area contributed by atoms with Gasteiger partial charge in [-0.15, -0.1) is 0 Å². The van der Waals surface area contributed by atoms with Crippen molar-refractivity contribution in [2.45, 2.75) is 47.0 Å². The molecule has 21 heavy (non-hydrogen) atoms. The fourth-order valence-corrected chi connectivity index (χ4v) is 35.0. The second-order valence-electron chi connectivity index (χ2n) is 6.89. The summed E-state index contributed by atoms with van der Waals surface area (Å²) < 4.78 is 8.76. The van der Waals surface area contributed by atoms with Gasteiger partial charge in [0.05, 0.1) is 0 Å². The van der Waals surface area contributed by atoms with Gasteiger partial charge in [0.25, 0.3) is 0 Å². The SMILES string of the molecule is CCC(C1=[CH][In]([C]2=[C]3[C](=O)[In]3[CH2]C2)[CH2]C1)C(C)(N)C(N)=O. The minimum atomic E-state index is -1.85. The number of rotatable bonds is 5. The summed E-state index contributed by atoms with van der Waals surface area (Å²) in [7, 11) is 0. The molecule has 6 heteroatoms. The van der Waals surface area contributed by atoms with Crippen molar-refractivity contribution in [3.63, 3.8) is 0 Å². The molecule has 0 aromatic carbocycles. The van der Waals surface area contributed by atoms with E-state index in [1.807, 2.05) is 0 Å². The first kappa shape index (κ1) is 16.2. The van der Waals surface area contributed by atoms with Crippen molar-refractivity contribution in [3.8, 4) is 0 Å². The van der Waals surface area contributed by atoms with Crippen LogP contribution in [0.1, 0.15) is 33.1 Å². The van der Waals surface area contributed by atoms with Crippen LogP contribution in [0.5, 0.6) is 0 Å². The number of carbonyl (C=O) groups excluding carboxylic acids is 2. The van der Waals surface area contributed by atoms with Crippen LogP contribution in [0.25, 0.3) is 0 Å². The first-order valence-corrected chi connectivity index (χ1v) is 19.4. The zero-order valence-electron chi connectivity index (χ0n) is 12.8. The van der Waals surface area contributed by atoms with Crippen molar-refractivity contribution >= 4 is 52.3 Å². The van der Waals surface area contributed by atoms with Crippen LogP contribution in [-0.4, -0.2) is 57.9 Å². The maximum absolute atomic E-state index is 11.8. The van der Waals surface area contributed by atoms with Gasteiger partial charge in [-0.1, -0.05) is 0 Å². The van der Waals surface area contributed by atoms with E-state index in [0.29, 0.717) is 3.54 Å². The Kier molecular flexibility index (Phi) is 4.43. The molecule has 110 valence electrons. The molecule has 0 radical (unpaired) electrons. The molecule has 0 aromatic rings. The fraction of sp³-hybridized carbons (Fsp3) is 0.600. The van der Waals surface area contributed by atoms with E-state index in [4.69, 9.17) is 11.5 Å². The van der Waals surface area contributed by atoms with Crippen molar-refractivity contribution in [2.24, 2.45) is 17.4 Å². The van der Waals surface area contributed by atoms with E-state index >= 15 is 0 Å². The predicted octanol–water partition coefficient (Wildman–Crippen LogP) is 0.975. The van der Waals surface area contributed by atoms with Crippen LogP contribution < -0.4 is 11.5 Å². The standard InChI is InChI=1S/C10H18N2O.C5H4O.2In/c1-5-7(3)8(6-2)10(4,12)9(11)13;1-2-3-4-5-6;;/h3,8H,1,5-6,12H2,2,4H3,(H2,11,13);1-2H2;;. The number of nitrogens with two attached hydrogens (primary N) is 2. The third-order valence-electron chi connectivity index (χ3n) is 5.61. The summed E-state index contributed by atoms with van der Waals surface area (Å²) >= 11 is -3.56. The zero-order chi connectivity index (χ0) is 15.4. The Morgan fingerprint density at radius 2 is 2.14 bits per heavy atom. The van der Waals surface area contributed by atoms with Gasteiger partial charge in [0.1, 0.15) is 0 Å². The molecule has 4 nitrogen and oxygen atoms in total. The first-order chi connectivity index (χ1) is 9.87. The summed E-state index contributed by atoms with van der Waals surface area (Å²) in [6.07, 6.45) is 3.18. The van der Waals surface area contributed by atoms with Crippen molar-refractivity contribution in [2.75, 3.05) is 0 Å². The molecule has 0 saturated carbocycles. The molecular weight excluding hydrogens is 470 g/mol. The number of hydrogen-bond donors (Lipinski definition) is 2. The summed E-state index contributed by atoms with van der Waals surface area (Å²) in [5.74, 6) is -0.344. The Bertz CT molecular complexity index is 580. The third-order valence-corrected chi connectivity index (χ3v) is 25.6. The van der Waals surface area contributed by atoms with Gasteiger partial charge in [-0.3, -0.25) is 0 Å². The topological polar surface area (TPSA) is 86.2 Å². The number of hydrogen-bond acceptors (Lipinski definition) is 3. The molecule has 1 amide bonds. The molecule has 1 saturated heterocycles. The quantitative estimate of drug-likeness (QED) is 0.601. The van der Waals surface area contributed by atoms with Crippen LogP contribution in [0.4, 0.5) is 0 Å². The van der Waals surface area contributed by atoms with E-state index in [-0.39, 0.29) is 5.92 Å². The van der Waals surface area contributed by atoms with E-state index in [9.17, 15) is 9.59 Å². The monoisotopic (exact) mass is 492 g/mol. The van der Waals surface area contributed by atoms with Gasteiger partial charge in [-0.25, -0.2) is 0 Å². The number of primary amides is 1. The van der Waals surface area contributed by atoms with E-state index < -0.39 is 54.3 Å². The minimum absolute atomic E-state index is 0.0675. The van der Waals surface area contributed by atoms with E-state index in [1.165, 1.54) is 23.7 Å². The van der Waals surface area contributed by atoms with E-state index in [2.05, 4.69) is 10.8 Å². The van der Waals surface area contributed by atoms with Crippen molar-refractivity contribution < 1.29 is 9.59 Å². The third kappa shape index (κ3) is 2.69. The van der Waals surface area contributed by atoms with Crippen LogP contribution in [0.2, 0.25) is 8.35 Å². The molecule has 2 atom stereocenters. The predicted molar refractivity (Wildman–Crippen MR) is 86.0 cm³/mol. The van der Waals surface area contributed by atoms with Crippen LogP contribution in [0, 0.1) is 5.92 Å². The average Bonchev–Trinajstić information content (AvgIpc) is 2.86. The van der Waals surface area contributed by atoms with Crippen LogP contribution in [0.3, 0.4) is 0 Å². The molecule has 1 fully saturated rings. The van der Waals surface area contributed by atoms with Gasteiger partial charge in [-0.2, -0.15) is 0 Å². The van der Waals surface area contributed by atoms with Gasteiger partial charge in [0.2, 0.25) is 0 Å². The summed E-state index contributed by atoms with van der Waals surface area (Å²) in [6, 6.07) is 0. The summed E-state index contributed by atoms with van der Waals surface area (Å²) in [4.78, 5) is 23.4. The van der Waals surface area contributed by atoms with E-state index in [0.717, 1.165) is 12.8 Å². The van der Waals surface area contributed by atoms with Gasteiger partial charge < -0.3 is 0 Å². The molecule has 2 unspecified atom stereocenters. The number of amides is 1. The molecule has 3 aliphatic rings. The van der Waals surface area contributed by atoms with Crippen molar-refractivity contribution in [1.29, 1.82) is 0 Å². The van der Waals surface area contributed by atoms with Crippen LogP contribution in [0.15, 0.2) is 16.1 Å². The van der Waals surface area contributed by atoms with Gasteiger partial charge in [0, 0.05) is 0 Å². The Hall–Kier alpha value is 0.320. The summed E-state index contributed by atoms with van der Waals surface area (Å²) in [5, 5.41) is 0. The molecule has 0 bridgehead atoms. The Morgan fingerprint density at radius 3 is 2.67 bits per heavy atom. The molecule has 3 heterocycles. The van der Waals surface area contributed by atoms with E-state index in [1.54, 1.807) is 10.3 Å². The van der Waals surface area contributed by atoms with Crippen molar-refractivity contribution in [3.05, 3.63) is 16.1 Å². The van der Waals surface area contributed by atoms with Crippen molar-refractivity contribution in [1.82, 2.24) is 0 Å². The Balaban J connectivity index is 1.83. The summed E-state index contributed by atoms with van der Waals surface area (Å²) in [5.41, 5.74) is 12.1. The Labute approximate surface area is 141 Å². The average molecular weight is 492 g/mol. The molecule has 0 aliphatic carbocycles. The molecule has 0 aromatic heterocycles. The van der Waals surface area contributed by atoms with Crippen LogP contribution >= 0.6 is 0 Å². The molecule has 4 N–H and O–H groups in total. The second kappa shape index (κ2) is 5.75. The molecule has 3 rings (SSSR count). The fourth-order valence-electron chi connectivity index (χ4n) is 4.28. The number of carbonyl (C=O) groups is 2. The zero-order valence-corrected chi connectivity index (χ0v) is 19.4. The number of fused-ring (bicyclic) bond motifs is 1. The molecular formula is C15H22In2N2O2. The first-order valence-electron chi connectivity index (χ1n) is 7.94.